The van der Waals surface area contributed by atoms with Gasteiger partial charge in [-0.1, -0.05) is 43.5 Å². The Bertz CT molecular complexity index is 1270. The highest BCUT2D eigenvalue weighted by Crippen LogP contribution is 2.18. The van der Waals surface area contributed by atoms with Gasteiger partial charge in [0.05, 0.1) is 11.1 Å². The van der Waals surface area contributed by atoms with Crippen molar-refractivity contribution in [2.24, 2.45) is 5.92 Å². The maximum absolute atomic E-state index is 12.7. The second kappa shape index (κ2) is 12.4. The predicted octanol–water partition coefficient (Wildman–Crippen LogP) is 4.17. The molecule has 0 aliphatic carbocycles. The molecular weight excluding hydrogens is 450 g/mol. The molecule has 2 N–H and O–H groups in total. The van der Waals surface area contributed by atoms with Crippen molar-refractivity contribution < 1.29 is 4.74 Å². The van der Waals surface area contributed by atoms with Crippen LogP contribution in [-0.4, -0.2) is 46.5 Å². The molecule has 0 spiro atoms. The van der Waals surface area contributed by atoms with Crippen LogP contribution in [-0.2, 0) is 19.6 Å². The van der Waals surface area contributed by atoms with E-state index in [1.807, 2.05) is 36.4 Å². The summed E-state index contributed by atoms with van der Waals surface area (Å²) >= 11 is 0. The van der Waals surface area contributed by atoms with Gasteiger partial charge in [-0.2, -0.15) is 0 Å². The third-order valence-corrected chi connectivity index (χ3v) is 6.61. The van der Waals surface area contributed by atoms with Crippen LogP contribution in [0.3, 0.4) is 0 Å². The molecule has 3 aromatic rings. The number of hydrogen-bond donors (Lipinski definition) is 2. The van der Waals surface area contributed by atoms with Crippen molar-refractivity contribution in [2.75, 3.05) is 26.7 Å². The average Bonchev–Trinajstić information content (AvgIpc) is 2.89. The van der Waals surface area contributed by atoms with Crippen LogP contribution in [0, 0.1) is 5.92 Å². The van der Waals surface area contributed by atoms with Crippen molar-refractivity contribution in [2.45, 2.75) is 32.4 Å². The van der Waals surface area contributed by atoms with E-state index in [4.69, 9.17) is 9.72 Å². The Kier molecular flexibility index (Phi) is 8.81. The van der Waals surface area contributed by atoms with Crippen molar-refractivity contribution in [1.29, 1.82) is 0 Å². The van der Waals surface area contributed by atoms with Crippen molar-refractivity contribution >= 4 is 10.9 Å². The molecule has 36 heavy (non-hydrogen) atoms. The first-order valence-electron chi connectivity index (χ1n) is 12.5. The first kappa shape index (κ1) is 25.5. The summed E-state index contributed by atoms with van der Waals surface area (Å²) in [6, 6.07) is 9.59. The lowest BCUT2D eigenvalue weighted by Gasteiger charge is -2.29. The fourth-order valence-electron chi connectivity index (χ4n) is 4.47. The number of fused-ring (bicyclic) bond motifs is 1. The van der Waals surface area contributed by atoms with Crippen molar-refractivity contribution in [3.05, 3.63) is 101 Å². The number of nitrogens with zero attached hydrogens (tertiary/aromatic N) is 3. The highest BCUT2D eigenvalue weighted by atomic mass is 16.5. The van der Waals surface area contributed by atoms with Crippen LogP contribution in [0.15, 0.2) is 78.3 Å². The molecule has 0 atom stereocenters. The van der Waals surface area contributed by atoms with Crippen LogP contribution in [0.5, 0.6) is 5.75 Å². The van der Waals surface area contributed by atoms with Gasteiger partial charge in [0.25, 0.3) is 5.56 Å². The summed E-state index contributed by atoms with van der Waals surface area (Å²) in [7, 11) is 2.17. The van der Waals surface area contributed by atoms with Gasteiger partial charge in [-0.3, -0.25) is 9.78 Å². The van der Waals surface area contributed by atoms with Gasteiger partial charge in [0.2, 0.25) is 0 Å². The molecule has 3 heterocycles. The molecule has 0 radical (unpaired) electrons. The van der Waals surface area contributed by atoms with Crippen LogP contribution >= 0.6 is 0 Å². The Labute approximate surface area is 212 Å². The summed E-state index contributed by atoms with van der Waals surface area (Å²) in [6.45, 7) is 11.6. The van der Waals surface area contributed by atoms with Crippen LogP contribution in [0.4, 0.5) is 0 Å². The molecule has 7 heteroatoms. The first-order chi connectivity index (χ1) is 17.6. The van der Waals surface area contributed by atoms with Crippen LogP contribution < -0.4 is 15.6 Å². The Hall–Kier alpha value is -3.55. The molecule has 7 nitrogen and oxygen atoms in total. The number of hydrogen-bond acceptors (Lipinski definition) is 6. The fourth-order valence-corrected chi connectivity index (χ4v) is 4.47. The zero-order chi connectivity index (χ0) is 25.3. The number of likely N-dealkylation sites (tertiary alicyclic amines) is 1. The Morgan fingerprint density at radius 2 is 2.00 bits per heavy atom. The predicted molar refractivity (Wildman–Crippen MR) is 145 cm³/mol. The SMILES string of the molecule is C=C/C=C(\C=C)Cc1ccc(OCc2nc3c(CNCC4CCN(C)CC4)nccc3c(=O)[nH]2)cc1. The van der Waals surface area contributed by atoms with E-state index in [1.54, 1.807) is 18.3 Å². The number of benzene rings is 1. The van der Waals surface area contributed by atoms with E-state index < -0.39 is 0 Å². The smallest absolute Gasteiger partial charge is 0.258 e. The van der Waals surface area contributed by atoms with Crippen molar-refractivity contribution in [3.63, 3.8) is 0 Å². The third-order valence-electron chi connectivity index (χ3n) is 6.61. The normalized spacial score (nSPS) is 15.2. The van der Waals surface area contributed by atoms with E-state index in [9.17, 15) is 4.79 Å². The topological polar surface area (TPSA) is 83.1 Å². The van der Waals surface area contributed by atoms with E-state index in [-0.39, 0.29) is 12.2 Å². The molecule has 1 aliphatic rings. The van der Waals surface area contributed by atoms with Crippen LogP contribution in [0.2, 0.25) is 0 Å². The number of rotatable bonds is 11. The number of piperidine rings is 1. The summed E-state index contributed by atoms with van der Waals surface area (Å²) in [6.07, 6.45) is 10.4. The minimum Gasteiger partial charge on any atom is -0.486 e. The largest absolute Gasteiger partial charge is 0.486 e. The molecule has 1 aliphatic heterocycles. The summed E-state index contributed by atoms with van der Waals surface area (Å²) < 4.78 is 5.92. The van der Waals surface area contributed by atoms with Gasteiger partial charge in [0, 0.05) is 12.7 Å². The monoisotopic (exact) mass is 485 g/mol. The van der Waals surface area contributed by atoms with E-state index in [2.05, 4.69) is 40.4 Å². The quantitative estimate of drug-likeness (QED) is 0.397. The number of H-pyrrole nitrogens is 1. The van der Waals surface area contributed by atoms with Gasteiger partial charge in [-0.15, -0.1) is 0 Å². The van der Waals surface area contributed by atoms with E-state index in [0.717, 1.165) is 42.9 Å². The van der Waals surface area contributed by atoms with Gasteiger partial charge >= 0.3 is 0 Å². The standard InChI is InChI=1S/C29H35N5O2/c1-4-6-21(5-2)17-22-7-9-24(10-8-22)36-20-27-32-28-25(29(35)33-27)11-14-31-26(28)19-30-18-23-12-15-34(3)16-13-23/h4-11,14,23,30H,1-2,12-13,15-20H2,3H3,(H,32,33,35)/b21-6+. The minimum atomic E-state index is -0.182. The number of ether oxygens (including phenoxy) is 1. The molecule has 2 aromatic heterocycles. The molecule has 1 aromatic carbocycles. The first-order valence-corrected chi connectivity index (χ1v) is 12.5. The lowest BCUT2D eigenvalue weighted by atomic mass is 9.97. The third kappa shape index (κ3) is 6.77. The number of nitrogens with one attached hydrogen (secondary N) is 2. The molecule has 188 valence electrons. The molecular formula is C29H35N5O2. The van der Waals surface area contributed by atoms with Gasteiger partial charge in [-0.25, -0.2) is 4.98 Å². The molecule has 1 fully saturated rings. The number of aromatic nitrogens is 3. The fraction of sp³-hybridized carbons (Fsp3) is 0.345. The van der Waals surface area contributed by atoms with Gasteiger partial charge in [0.15, 0.2) is 0 Å². The maximum atomic E-state index is 12.7. The van der Waals surface area contributed by atoms with E-state index in [0.29, 0.717) is 34.9 Å². The molecule has 0 bridgehead atoms. The van der Waals surface area contributed by atoms with Crippen LogP contribution in [0.25, 0.3) is 10.9 Å². The van der Waals surface area contributed by atoms with Gasteiger partial charge in [-0.05, 0) is 81.2 Å². The molecule has 0 unspecified atom stereocenters. The number of aromatic amines is 1. The Balaban J connectivity index is 1.40. The molecule has 0 saturated carbocycles. The lowest BCUT2D eigenvalue weighted by molar-refractivity contribution is 0.216. The zero-order valence-electron chi connectivity index (χ0n) is 21.0. The van der Waals surface area contributed by atoms with Gasteiger partial charge in [0.1, 0.15) is 23.7 Å². The highest BCUT2D eigenvalue weighted by Gasteiger charge is 2.16. The molecule has 0 amide bonds. The molecule has 4 rings (SSSR count). The highest BCUT2D eigenvalue weighted by molar-refractivity contribution is 5.79. The Morgan fingerprint density at radius 1 is 1.22 bits per heavy atom. The Morgan fingerprint density at radius 3 is 2.72 bits per heavy atom. The number of allylic oxidation sites excluding steroid dienone is 4. The summed E-state index contributed by atoms with van der Waals surface area (Å²) in [5.74, 6) is 1.86. The second-order valence-corrected chi connectivity index (χ2v) is 9.33. The zero-order valence-corrected chi connectivity index (χ0v) is 21.0. The second-order valence-electron chi connectivity index (χ2n) is 9.33. The van der Waals surface area contributed by atoms with Gasteiger partial charge < -0.3 is 19.9 Å². The summed E-state index contributed by atoms with van der Waals surface area (Å²) in [5.41, 5.74) is 3.47. The summed E-state index contributed by atoms with van der Waals surface area (Å²) in [5, 5.41) is 4.07. The van der Waals surface area contributed by atoms with E-state index in [1.165, 1.54) is 12.8 Å². The lowest BCUT2D eigenvalue weighted by Crippen LogP contribution is -2.34. The maximum Gasteiger partial charge on any atom is 0.258 e. The summed E-state index contributed by atoms with van der Waals surface area (Å²) in [4.78, 5) is 27.1. The molecule has 1 saturated heterocycles. The van der Waals surface area contributed by atoms with Crippen molar-refractivity contribution in [1.82, 2.24) is 25.2 Å². The van der Waals surface area contributed by atoms with Crippen molar-refractivity contribution in [3.8, 4) is 5.75 Å². The average molecular weight is 486 g/mol. The van der Waals surface area contributed by atoms with E-state index >= 15 is 0 Å². The van der Waals surface area contributed by atoms with Crippen LogP contribution in [0.1, 0.15) is 29.9 Å². The number of pyridine rings is 1. The minimum absolute atomic E-state index is 0.163.